The summed E-state index contributed by atoms with van der Waals surface area (Å²) in [5.74, 6) is 0.0934. The van der Waals surface area contributed by atoms with Crippen molar-refractivity contribution in [3.63, 3.8) is 0 Å². The zero-order valence-corrected chi connectivity index (χ0v) is 20.0. The van der Waals surface area contributed by atoms with E-state index in [1.165, 1.54) is 37.0 Å². The second-order valence-electron chi connectivity index (χ2n) is 9.66. The fourth-order valence-electron chi connectivity index (χ4n) is 4.74. The predicted octanol–water partition coefficient (Wildman–Crippen LogP) is 6.76. The Bertz CT molecular complexity index is 1360. The number of benzene rings is 3. The topological polar surface area (TPSA) is 37.2 Å². The van der Waals surface area contributed by atoms with Crippen molar-refractivity contribution in [2.45, 2.75) is 32.2 Å². The van der Waals surface area contributed by atoms with Crippen molar-refractivity contribution in [2.75, 3.05) is 13.2 Å². The molecule has 0 aromatic heterocycles. The molecule has 0 bridgehead atoms. The highest BCUT2D eigenvalue weighted by Crippen LogP contribution is 2.29. The van der Waals surface area contributed by atoms with Crippen molar-refractivity contribution in [1.82, 2.24) is 4.90 Å². The van der Waals surface area contributed by atoms with Crippen molar-refractivity contribution in [3.05, 3.63) is 101 Å². The number of rotatable bonds is 7. The summed E-state index contributed by atoms with van der Waals surface area (Å²) in [4.78, 5) is 11.1. The third kappa shape index (κ3) is 4.68. The highest BCUT2D eigenvalue weighted by molar-refractivity contribution is 6.18. The molecule has 0 saturated heterocycles. The van der Waals surface area contributed by atoms with Crippen LogP contribution in [0.2, 0.25) is 0 Å². The van der Waals surface area contributed by atoms with Gasteiger partial charge >= 0.3 is 0 Å². The van der Waals surface area contributed by atoms with Crippen LogP contribution in [0.1, 0.15) is 36.8 Å². The molecule has 0 amide bonds. The first-order chi connectivity index (χ1) is 17.6. The van der Waals surface area contributed by atoms with Crippen LogP contribution in [0.3, 0.4) is 0 Å². The number of aliphatic imine (C=N–C) groups is 2. The number of fused-ring (bicyclic) bond motifs is 1. The molecule has 2 aliphatic heterocycles. The van der Waals surface area contributed by atoms with E-state index in [9.17, 15) is 8.78 Å². The van der Waals surface area contributed by atoms with E-state index in [-0.39, 0.29) is 11.4 Å². The molecule has 3 aromatic rings. The Morgan fingerprint density at radius 3 is 2.36 bits per heavy atom. The molecule has 0 unspecified atom stereocenters. The normalized spacial score (nSPS) is 17.2. The van der Waals surface area contributed by atoms with E-state index in [0.29, 0.717) is 6.42 Å². The monoisotopic (exact) mass is 483 g/mol. The van der Waals surface area contributed by atoms with E-state index in [1.54, 1.807) is 0 Å². The van der Waals surface area contributed by atoms with Gasteiger partial charge in [-0.25, -0.2) is 18.8 Å². The molecule has 182 valence electrons. The van der Waals surface area contributed by atoms with Crippen LogP contribution in [0.5, 0.6) is 5.75 Å². The summed E-state index contributed by atoms with van der Waals surface area (Å²) in [6.45, 7) is 2.35. The molecule has 0 spiro atoms. The molecule has 6 rings (SSSR count). The Morgan fingerprint density at radius 1 is 0.889 bits per heavy atom. The van der Waals surface area contributed by atoms with Gasteiger partial charge in [0.05, 0.1) is 17.9 Å². The maximum atomic E-state index is 14.2. The summed E-state index contributed by atoms with van der Waals surface area (Å²) >= 11 is 0. The van der Waals surface area contributed by atoms with Crippen LogP contribution in [-0.4, -0.2) is 29.6 Å². The molecule has 1 fully saturated rings. The number of halogens is 2. The van der Waals surface area contributed by atoms with Crippen molar-refractivity contribution in [2.24, 2.45) is 15.9 Å². The van der Waals surface area contributed by atoms with Gasteiger partial charge in [-0.05, 0) is 59.7 Å². The molecule has 0 atom stereocenters. The highest BCUT2D eigenvalue weighted by atomic mass is 19.2. The Balaban J connectivity index is 1.10. The van der Waals surface area contributed by atoms with Crippen LogP contribution >= 0.6 is 0 Å². The van der Waals surface area contributed by atoms with Crippen LogP contribution in [-0.2, 0) is 6.54 Å². The van der Waals surface area contributed by atoms with Crippen LogP contribution < -0.4 is 4.74 Å². The fourth-order valence-corrected chi connectivity index (χ4v) is 4.74. The molecule has 0 N–H and O–H groups in total. The largest absolute Gasteiger partial charge is 0.493 e. The van der Waals surface area contributed by atoms with E-state index in [4.69, 9.17) is 4.74 Å². The Morgan fingerprint density at radius 2 is 1.64 bits per heavy atom. The van der Waals surface area contributed by atoms with E-state index in [1.807, 2.05) is 18.3 Å². The molecule has 3 aromatic carbocycles. The lowest BCUT2D eigenvalue weighted by Crippen LogP contribution is -2.26. The fraction of sp³-hybridized carbons (Fsp3) is 0.267. The minimum Gasteiger partial charge on any atom is -0.493 e. The first kappa shape index (κ1) is 22.7. The Hall–Kier alpha value is -3.80. The molecule has 1 saturated carbocycles. The number of nitrogens with zero attached hydrogens (tertiary/aromatic N) is 3. The predicted molar refractivity (Wildman–Crippen MR) is 138 cm³/mol. The summed E-state index contributed by atoms with van der Waals surface area (Å²) < 4.78 is 33.7. The molecule has 4 nitrogen and oxygen atoms in total. The molecule has 0 radical (unpaired) electrons. The van der Waals surface area contributed by atoms with Gasteiger partial charge in [0, 0.05) is 25.7 Å². The van der Waals surface area contributed by atoms with Gasteiger partial charge in [-0.1, -0.05) is 48.9 Å². The van der Waals surface area contributed by atoms with Gasteiger partial charge in [-0.2, -0.15) is 0 Å². The lowest BCUT2D eigenvalue weighted by Gasteiger charge is -2.25. The van der Waals surface area contributed by atoms with Gasteiger partial charge in [0.2, 0.25) is 0 Å². The van der Waals surface area contributed by atoms with Gasteiger partial charge in [-0.15, -0.1) is 0 Å². The molecule has 2 heterocycles. The lowest BCUT2D eigenvalue weighted by atomic mass is 9.86. The molecule has 36 heavy (non-hydrogen) atoms. The van der Waals surface area contributed by atoms with Crippen molar-refractivity contribution in [3.8, 4) is 16.9 Å². The van der Waals surface area contributed by atoms with E-state index < -0.39 is 11.6 Å². The summed E-state index contributed by atoms with van der Waals surface area (Å²) in [7, 11) is 0. The molecular formula is C30H27F2N3O. The number of amidine groups is 1. The maximum Gasteiger partial charge on any atom is 0.169 e. The Kier molecular flexibility index (Phi) is 6.09. The molecule has 6 heteroatoms. The number of allylic oxidation sites excluding steroid dienone is 1. The zero-order valence-electron chi connectivity index (χ0n) is 20.0. The second-order valence-corrected chi connectivity index (χ2v) is 9.66. The van der Waals surface area contributed by atoms with Gasteiger partial charge in [0.15, 0.2) is 17.5 Å². The van der Waals surface area contributed by atoms with Crippen molar-refractivity contribution in [1.29, 1.82) is 0 Å². The summed E-state index contributed by atoms with van der Waals surface area (Å²) in [6.07, 6.45) is 6.58. The van der Waals surface area contributed by atoms with Crippen molar-refractivity contribution >= 4 is 11.5 Å². The van der Waals surface area contributed by atoms with Gasteiger partial charge < -0.3 is 9.64 Å². The van der Waals surface area contributed by atoms with Gasteiger partial charge in [-0.3, -0.25) is 0 Å². The first-order valence-corrected chi connectivity index (χ1v) is 12.5. The van der Waals surface area contributed by atoms with Gasteiger partial charge in [0.25, 0.3) is 0 Å². The minimum absolute atomic E-state index is 0.0953. The first-order valence-electron chi connectivity index (χ1n) is 12.5. The summed E-state index contributed by atoms with van der Waals surface area (Å²) in [5.41, 5.74) is 5.15. The van der Waals surface area contributed by atoms with Crippen molar-refractivity contribution < 1.29 is 13.5 Å². The molecular weight excluding hydrogens is 456 g/mol. The van der Waals surface area contributed by atoms with E-state index in [0.717, 1.165) is 60.0 Å². The Labute approximate surface area is 209 Å². The average molecular weight is 484 g/mol. The standard InChI is InChI=1S/C30H27F2N3O/c31-26-6-2-5-25(29(26)32)30-33-27-15-16-35(18-28(27)34-30)17-20-7-9-22(10-8-20)23-11-13-24(14-12-23)36-19-21-3-1-4-21/h2,5-14,18,21H,1,3-4,15-17,19H2. The van der Waals surface area contributed by atoms with Crippen LogP contribution in [0, 0.1) is 17.6 Å². The van der Waals surface area contributed by atoms with E-state index >= 15 is 0 Å². The van der Waals surface area contributed by atoms with Crippen LogP contribution in [0.15, 0.2) is 88.6 Å². The quantitative estimate of drug-likeness (QED) is 0.372. The van der Waals surface area contributed by atoms with Gasteiger partial charge in [0.1, 0.15) is 11.4 Å². The maximum absolute atomic E-state index is 14.2. The number of ether oxygens (including phenoxy) is 1. The SMILES string of the molecule is Fc1cccc(C2=NC3=CN(Cc4ccc(-c5ccc(OCC6CCC6)cc5)cc4)CCC3=N2)c1F. The van der Waals surface area contributed by atoms with Crippen LogP contribution in [0.4, 0.5) is 8.78 Å². The minimum atomic E-state index is -0.910. The summed E-state index contributed by atoms with van der Waals surface area (Å²) in [6, 6.07) is 21.0. The average Bonchev–Trinajstić information content (AvgIpc) is 3.29. The third-order valence-corrected chi connectivity index (χ3v) is 7.13. The number of hydrogen-bond donors (Lipinski definition) is 0. The van der Waals surface area contributed by atoms with Crippen LogP contribution in [0.25, 0.3) is 11.1 Å². The highest BCUT2D eigenvalue weighted by Gasteiger charge is 2.25. The number of hydrogen-bond acceptors (Lipinski definition) is 4. The van der Waals surface area contributed by atoms with E-state index in [2.05, 4.69) is 51.3 Å². The summed E-state index contributed by atoms with van der Waals surface area (Å²) in [5, 5.41) is 0. The zero-order chi connectivity index (χ0) is 24.5. The smallest absolute Gasteiger partial charge is 0.169 e. The third-order valence-electron chi connectivity index (χ3n) is 7.13. The lowest BCUT2D eigenvalue weighted by molar-refractivity contribution is 0.180. The molecule has 1 aliphatic carbocycles. The second kappa shape index (κ2) is 9.69. The molecule has 3 aliphatic rings.